The minimum Gasteiger partial charge on any atom is -0.443 e. The SMILES string of the molecule is C/C=C\CC.CC(C)(C)OC(=O)n1cc(C(=O)C#CCCCN2C(=O)c3ccccc3C2=O)c2cc(-c3cnn(CCN4CCCC4)c3)cnc21.CO. The molecule has 0 unspecified atom stereocenters. The van der Waals surface area contributed by atoms with Gasteiger partial charge in [-0.1, -0.05) is 37.1 Å². The molecular weight excluding hydrogens is 672 g/mol. The second-order valence-corrected chi connectivity index (χ2v) is 13.5. The van der Waals surface area contributed by atoms with Gasteiger partial charge in [0.15, 0.2) is 0 Å². The number of ether oxygens (including phenoxy) is 1. The van der Waals surface area contributed by atoms with Crippen LogP contribution >= 0.6 is 0 Å². The highest BCUT2D eigenvalue weighted by Crippen LogP contribution is 2.28. The molecule has 1 N–H and O–H groups in total. The molecule has 3 aromatic heterocycles. The first-order chi connectivity index (χ1) is 25.5. The zero-order chi connectivity index (χ0) is 38.5. The van der Waals surface area contributed by atoms with Crippen molar-refractivity contribution in [1.29, 1.82) is 0 Å². The van der Waals surface area contributed by atoms with E-state index in [0.717, 1.165) is 50.8 Å². The molecule has 6 rings (SSSR count). The molecule has 2 aliphatic rings. The Morgan fingerprint density at radius 3 is 2.25 bits per heavy atom. The summed E-state index contributed by atoms with van der Waals surface area (Å²) in [5.41, 5.74) is 2.17. The highest BCUT2D eigenvalue weighted by atomic mass is 16.6. The molecule has 0 radical (unpaired) electrons. The number of pyridine rings is 1. The molecule has 0 aliphatic carbocycles. The van der Waals surface area contributed by atoms with Crippen molar-refractivity contribution in [2.24, 2.45) is 0 Å². The van der Waals surface area contributed by atoms with Crippen LogP contribution < -0.4 is 0 Å². The molecule has 1 fully saturated rings. The van der Waals surface area contributed by atoms with Gasteiger partial charge in [0.25, 0.3) is 11.8 Å². The lowest BCUT2D eigenvalue weighted by atomic mass is 10.1. The van der Waals surface area contributed by atoms with Gasteiger partial charge in [0.2, 0.25) is 5.78 Å². The number of nitrogens with zero attached hydrogens (tertiary/aromatic N) is 6. The number of rotatable bonds is 9. The molecule has 53 heavy (non-hydrogen) atoms. The molecule has 1 saturated heterocycles. The number of fused-ring (bicyclic) bond motifs is 2. The first kappa shape index (κ1) is 40.4. The third kappa shape index (κ3) is 10.4. The molecule has 2 amide bonds. The third-order valence-corrected chi connectivity index (χ3v) is 8.52. The normalized spacial score (nSPS) is 14.0. The van der Waals surface area contributed by atoms with E-state index in [9.17, 15) is 19.2 Å². The minimum atomic E-state index is -0.749. The van der Waals surface area contributed by atoms with Crippen molar-refractivity contribution >= 4 is 34.7 Å². The maximum absolute atomic E-state index is 13.4. The molecule has 1 aromatic carbocycles. The number of benzene rings is 1. The summed E-state index contributed by atoms with van der Waals surface area (Å²) in [6.07, 6.45) is 14.7. The zero-order valence-corrected chi connectivity index (χ0v) is 31.6. The number of ketones is 1. The summed E-state index contributed by atoms with van der Waals surface area (Å²) in [6.45, 7) is 13.6. The van der Waals surface area contributed by atoms with Gasteiger partial charge in [-0.15, -0.1) is 0 Å². The number of aromatic nitrogens is 4. The third-order valence-electron chi connectivity index (χ3n) is 8.52. The number of Topliss-reactive ketones (excluding diaryl/α,β-unsaturated/α-hetero) is 1. The van der Waals surface area contributed by atoms with Crippen molar-refractivity contribution in [1.82, 2.24) is 29.1 Å². The molecule has 4 aromatic rings. The van der Waals surface area contributed by atoms with Gasteiger partial charge >= 0.3 is 6.09 Å². The summed E-state index contributed by atoms with van der Waals surface area (Å²) < 4.78 is 8.72. The van der Waals surface area contributed by atoms with Crippen LogP contribution in [0.1, 0.15) is 97.8 Å². The number of unbranched alkanes of at least 4 members (excludes halogenated alkanes) is 1. The number of aliphatic hydroxyl groups excluding tert-OH is 1. The van der Waals surface area contributed by atoms with Crippen molar-refractivity contribution in [3.05, 3.63) is 84.0 Å². The number of carbonyl (C=O) groups is 4. The average Bonchev–Trinajstić information content (AvgIpc) is 3.95. The standard InChI is InChI=1S/C35H36N6O5.C5H10.CH4O/c1-35(2,3)46-34(45)41-23-29(30(42)13-5-4-8-16-40-32(43)26-11-6-7-12-27(26)33(40)44)28-19-24(20-36-31(28)41)25-21-37-39(22-25)18-17-38-14-9-10-15-38;1-3-5-4-2;1-2/h6-7,11-12,19-23H,4,8-10,14-18H2,1-3H3;3,5H,4H2,1-2H3;2H,1H3/b;5-3-;. The van der Waals surface area contributed by atoms with Crippen LogP contribution in [0.3, 0.4) is 0 Å². The second kappa shape index (κ2) is 18.9. The lowest BCUT2D eigenvalue weighted by molar-refractivity contribution is 0.0542. The summed E-state index contributed by atoms with van der Waals surface area (Å²) in [6, 6.07) is 8.56. The summed E-state index contributed by atoms with van der Waals surface area (Å²) in [5.74, 6) is 4.43. The summed E-state index contributed by atoms with van der Waals surface area (Å²) in [5, 5.41) is 12.0. The van der Waals surface area contributed by atoms with Gasteiger partial charge in [-0.3, -0.25) is 24.0 Å². The Morgan fingerprint density at radius 2 is 1.64 bits per heavy atom. The van der Waals surface area contributed by atoms with Gasteiger partial charge < -0.3 is 14.7 Å². The summed E-state index contributed by atoms with van der Waals surface area (Å²) in [4.78, 5) is 59.9. The fraction of sp³-hybridized carbons (Fsp3) is 0.415. The van der Waals surface area contributed by atoms with E-state index in [1.807, 2.05) is 23.9 Å². The maximum atomic E-state index is 13.4. The smallest absolute Gasteiger partial charge is 0.420 e. The number of aliphatic hydroxyl groups is 1. The van der Waals surface area contributed by atoms with E-state index in [4.69, 9.17) is 9.84 Å². The molecule has 0 atom stereocenters. The van der Waals surface area contributed by atoms with E-state index < -0.39 is 17.5 Å². The van der Waals surface area contributed by atoms with Crippen LogP contribution in [0.5, 0.6) is 0 Å². The van der Waals surface area contributed by atoms with E-state index in [-0.39, 0.29) is 29.6 Å². The van der Waals surface area contributed by atoms with E-state index >= 15 is 0 Å². The first-order valence-electron chi connectivity index (χ1n) is 18.0. The summed E-state index contributed by atoms with van der Waals surface area (Å²) in [7, 11) is 1.00. The van der Waals surface area contributed by atoms with E-state index in [0.29, 0.717) is 29.4 Å². The van der Waals surface area contributed by atoms with Gasteiger partial charge in [0.05, 0.1) is 29.4 Å². The number of amides is 2. The Kier molecular flexibility index (Phi) is 14.4. The largest absolute Gasteiger partial charge is 0.443 e. The van der Waals surface area contributed by atoms with E-state index in [2.05, 4.69) is 45.9 Å². The molecule has 0 spiro atoms. The highest BCUT2D eigenvalue weighted by Gasteiger charge is 2.34. The van der Waals surface area contributed by atoms with E-state index in [1.54, 1.807) is 57.4 Å². The van der Waals surface area contributed by atoms with Crippen LogP contribution in [0.4, 0.5) is 4.79 Å². The number of allylic oxidation sites excluding steroid dienone is 2. The van der Waals surface area contributed by atoms with Crippen LogP contribution in [0.25, 0.3) is 22.2 Å². The molecule has 12 heteroatoms. The van der Waals surface area contributed by atoms with Gasteiger partial charge in [-0.25, -0.2) is 14.3 Å². The predicted octanol–water partition coefficient (Wildman–Crippen LogP) is 6.62. The van der Waals surface area contributed by atoms with Crippen LogP contribution in [0.2, 0.25) is 0 Å². The molecular formula is C41H50N6O6. The van der Waals surface area contributed by atoms with Gasteiger partial charge in [-0.2, -0.15) is 5.10 Å². The summed E-state index contributed by atoms with van der Waals surface area (Å²) >= 11 is 0. The molecule has 2 aliphatic heterocycles. The lowest BCUT2D eigenvalue weighted by Gasteiger charge is -2.19. The Labute approximate surface area is 311 Å². The lowest BCUT2D eigenvalue weighted by Crippen LogP contribution is -2.30. The zero-order valence-electron chi connectivity index (χ0n) is 31.6. The van der Waals surface area contributed by atoms with Crippen molar-refractivity contribution < 1.29 is 29.0 Å². The number of hydrogen-bond donors (Lipinski definition) is 1. The molecule has 12 nitrogen and oxygen atoms in total. The van der Waals surface area contributed by atoms with Crippen molar-refractivity contribution in [2.45, 2.75) is 78.9 Å². The van der Waals surface area contributed by atoms with Crippen LogP contribution in [-0.4, -0.2) is 96.8 Å². The van der Waals surface area contributed by atoms with Gasteiger partial charge in [0.1, 0.15) is 11.2 Å². The minimum absolute atomic E-state index is 0.201. The van der Waals surface area contributed by atoms with Crippen LogP contribution in [0.15, 0.2) is 67.3 Å². The fourth-order valence-corrected chi connectivity index (χ4v) is 6.00. The van der Waals surface area contributed by atoms with E-state index in [1.165, 1.54) is 28.5 Å². The highest BCUT2D eigenvalue weighted by molar-refractivity contribution is 6.21. The second-order valence-electron chi connectivity index (χ2n) is 13.5. The van der Waals surface area contributed by atoms with Crippen LogP contribution in [-0.2, 0) is 11.3 Å². The maximum Gasteiger partial charge on any atom is 0.420 e. The molecule has 5 heterocycles. The number of carbonyl (C=O) groups excluding carboxylic acids is 4. The Bertz CT molecular complexity index is 1970. The van der Waals surface area contributed by atoms with Crippen LogP contribution in [0, 0.1) is 11.8 Å². The number of likely N-dealkylation sites (tertiary alicyclic amines) is 1. The molecule has 0 saturated carbocycles. The Balaban J connectivity index is 0.000000828. The average molecular weight is 723 g/mol. The van der Waals surface area contributed by atoms with Crippen molar-refractivity contribution in [3.8, 4) is 23.0 Å². The molecule has 0 bridgehead atoms. The Hall–Kier alpha value is -5.38. The van der Waals surface area contributed by atoms with Crippen molar-refractivity contribution in [3.63, 3.8) is 0 Å². The van der Waals surface area contributed by atoms with Gasteiger partial charge in [0, 0.05) is 61.7 Å². The fourth-order valence-electron chi connectivity index (χ4n) is 6.00. The predicted molar refractivity (Wildman–Crippen MR) is 205 cm³/mol. The molecule has 280 valence electrons. The quantitative estimate of drug-likeness (QED) is 0.0504. The first-order valence-corrected chi connectivity index (χ1v) is 18.0. The topological polar surface area (TPSA) is 140 Å². The Morgan fingerprint density at radius 1 is 0.962 bits per heavy atom. The monoisotopic (exact) mass is 722 g/mol. The number of hydrogen-bond acceptors (Lipinski definition) is 9. The van der Waals surface area contributed by atoms with Gasteiger partial charge in [-0.05, 0) is 90.6 Å². The number of imide groups is 1. The van der Waals surface area contributed by atoms with Crippen molar-refractivity contribution in [2.75, 3.05) is 33.3 Å².